The molecule has 0 heterocycles. The summed E-state index contributed by atoms with van der Waals surface area (Å²) < 4.78 is 11.1. The van der Waals surface area contributed by atoms with E-state index in [1.54, 1.807) is 0 Å². The zero-order valence-corrected chi connectivity index (χ0v) is 7.78. The highest BCUT2D eigenvalue weighted by molar-refractivity contribution is 6.68. The molecule has 62 valence electrons. The lowest BCUT2D eigenvalue weighted by Crippen LogP contribution is -2.59. The fourth-order valence-corrected chi connectivity index (χ4v) is 0.975. The van der Waals surface area contributed by atoms with Crippen LogP contribution in [-0.2, 0) is 0 Å². The lowest BCUT2D eigenvalue weighted by atomic mass is 10.5. The van der Waals surface area contributed by atoms with Gasteiger partial charge in [-0.2, -0.15) is 0 Å². The molecule has 10 heavy (non-hydrogen) atoms. The second-order valence-corrected chi connectivity index (χ2v) is 3.94. The summed E-state index contributed by atoms with van der Waals surface area (Å²) in [5.74, 6) is -2.18. The van der Waals surface area contributed by atoms with Gasteiger partial charge in [0.2, 0.25) is 0 Å². The van der Waals surface area contributed by atoms with Crippen LogP contribution < -0.4 is 10.6 Å². The van der Waals surface area contributed by atoms with Gasteiger partial charge in [0.05, 0.1) is 0 Å². The molecule has 0 amide bonds. The van der Waals surface area contributed by atoms with Crippen LogP contribution in [0.2, 0.25) is 0 Å². The van der Waals surface area contributed by atoms with Gasteiger partial charge < -0.3 is 0 Å². The third kappa shape index (κ3) is 2.10. The summed E-state index contributed by atoms with van der Waals surface area (Å²) in [7, 11) is 2.69. The Morgan fingerprint density at radius 1 is 1.10 bits per heavy atom. The van der Waals surface area contributed by atoms with Crippen LogP contribution in [0.1, 0.15) is 0 Å². The minimum atomic E-state index is -2.18. The molecule has 6 heteroatoms. The van der Waals surface area contributed by atoms with E-state index >= 15 is 0 Å². The summed E-state index contributed by atoms with van der Waals surface area (Å²) in [5.41, 5.74) is 0. The van der Waals surface area contributed by atoms with Crippen LogP contribution in [-0.4, -0.2) is 23.8 Å². The summed E-state index contributed by atoms with van der Waals surface area (Å²) in [4.78, 5) is 0. The van der Waals surface area contributed by atoms with Crippen LogP contribution in [0.25, 0.3) is 0 Å². The molecule has 2 N–H and O–H groups in total. The molecule has 0 fully saturated rings. The number of nitrogens with one attached hydrogen (secondary N) is 2. The normalized spacial score (nSPS) is 13.8. The molecule has 0 saturated heterocycles. The van der Waals surface area contributed by atoms with E-state index in [-0.39, 0.29) is 0 Å². The average molecular weight is 209 g/mol. The highest BCUT2D eigenvalue weighted by atomic mass is 35.6. The summed E-state index contributed by atoms with van der Waals surface area (Å²) in [6.07, 6.45) is 0. The Balaban J connectivity index is 4.33. The SMILES string of the molecule is CNC(F)(NC)C(Cl)(Cl)Cl. The standard InChI is InChI=1S/C4H8Cl3FN2/c1-9-4(8,10-2)3(5,6)7/h9-10H,1-2H3. The van der Waals surface area contributed by atoms with Gasteiger partial charge in [-0.25, -0.2) is 4.39 Å². The van der Waals surface area contributed by atoms with E-state index in [0.29, 0.717) is 0 Å². The van der Waals surface area contributed by atoms with Crippen LogP contribution >= 0.6 is 34.8 Å². The molecular formula is C4H8Cl3FN2. The molecule has 0 aliphatic rings. The van der Waals surface area contributed by atoms with Crippen LogP contribution in [0.5, 0.6) is 0 Å². The number of alkyl halides is 4. The number of rotatable bonds is 2. The largest absolute Gasteiger partial charge is 0.272 e. The molecule has 0 aromatic heterocycles. The van der Waals surface area contributed by atoms with Gasteiger partial charge in [-0.05, 0) is 14.1 Å². The molecule has 0 aliphatic heterocycles. The van der Waals surface area contributed by atoms with E-state index in [9.17, 15) is 4.39 Å². The van der Waals surface area contributed by atoms with E-state index in [1.807, 2.05) is 0 Å². The van der Waals surface area contributed by atoms with E-state index in [0.717, 1.165) is 0 Å². The van der Waals surface area contributed by atoms with Crippen molar-refractivity contribution in [1.29, 1.82) is 0 Å². The van der Waals surface area contributed by atoms with Crippen LogP contribution in [0.3, 0.4) is 0 Å². The first kappa shape index (κ1) is 10.7. The highest BCUT2D eigenvalue weighted by Crippen LogP contribution is 2.36. The zero-order valence-electron chi connectivity index (χ0n) is 5.51. The molecule has 0 saturated carbocycles. The molecule has 0 atom stereocenters. The Bertz CT molecular complexity index is 110. The number of hydrogen-bond donors (Lipinski definition) is 2. The van der Waals surface area contributed by atoms with E-state index in [2.05, 4.69) is 10.6 Å². The van der Waals surface area contributed by atoms with Crippen molar-refractivity contribution in [3.8, 4) is 0 Å². The fraction of sp³-hybridized carbons (Fsp3) is 1.00. The van der Waals surface area contributed by atoms with Gasteiger partial charge in [-0.1, -0.05) is 34.8 Å². The molecule has 0 radical (unpaired) electrons. The van der Waals surface area contributed by atoms with Gasteiger partial charge in [0.1, 0.15) is 0 Å². The third-order valence-electron chi connectivity index (χ3n) is 1.08. The summed E-state index contributed by atoms with van der Waals surface area (Å²) in [5, 5.41) is 4.39. The second-order valence-electron chi connectivity index (χ2n) is 1.66. The van der Waals surface area contributed by atoms with E-state index < -0.39 is 9.71 Å². The lowest BCUT2D eigenvalue weighted by Gasteiger charge is -2.30. The quantitative estimate of drug-likeness (QED) is 0.408. The minimum absolute atomic E-state index is 1.35. The molecular weight excluding hydrogens is 201 g/mol. The summed E-state index contributed by atoms with van der Waals surface area (Å²) >= 11 is 15.8. The van der Waals surface area contributed by atoms with Gasteiger partial charge in [0.15, 0.2) is 0 Å². The predicted octanol–water partition coefficient (Wildman–Crippen LogP) is 1.42. The average Bonchev–Trinajstić information content (AvgIpc) is 1.84. The Hall–Kier alpha value is 0.720. The monoisotopic (exact) mass is 208 g/mol. The molecule has 0 aliphatic carbocycles. The maximum Gasteiger partial charge on any atom is 0.262 e. The Morgan fingerprint density at radius 3 is 1.40 bits per heavy atom. The maximum atomic E-state index is 13.1. The minimum Gasteiger partial charge on any atom is -0.272 e. The molecule has 0 spiro atoms. The Labute approximate surface area is 74.0 Å². The summed E-state index contributed by atoms with van der Waals surface area (Å²) in [6.45, 7) is 0. The molecule has 0 rings (SSSR count). The number of halogens is 4. The fourth-order valence-electron chi connectivity index (χ4n) is 0.408. The van der Waals surface area contributed by atoms with Crippen molar-refractivity contribution in [3.05, 3.63) is 0 Å². The molecule has 0 aromatic carbocycles. The van der Waals surface area contributed by atoms with Gasteiger partial charge in [0, 0.05) is 0 Å². The van der Waals surface area contributed by atoms with E-state index in [4.69, 9.17) is 34.8 Å². The summed E-state index contributed by atoms with van der Waals surface area (Å²) in [6, 6.07) is 0. The topological polar surface area (TPSA) is 24.1 Å². The lowest BCUT2D eigenvalue weighted by molar-refractivity contribution is 0.0966. The molecule has 0 aromatic rings. The third-order valence-corrected chi connectivity index (χ3v) is 1.86. The van der Waals surface area contributed by atoms with Gasteiger partial charge in [-0.3, -0.25) is 10.6 Å². The van der Waals surface area contributed by atoms with Crippen molar-refractivity contribution < 1.29 is 4.39 Å². The van der Waals surface area contributed by atoms with Crippen molar-refractivity contribution in [2.24, 2.45) is 0 Å². The maximum absolute atomic E-state index is 13.1. The van der Waals surface area contributed by atoms with E-state index in [1.165, 1.54) is 14.1 Å². The van der Waals surface area contributed by atoms with Crippen molar-refractivity contribution in [1.82, 2.24) is 10.6 Å². The van der Waals surface area contributed by atoms with Gasteiger partial charge >= 0.3 is 0 Å². The Morgan fingerprint density at radius 2 is 1.40 bits per heavy atom. The molecule has 0 unspecified atom stereocenters. The van der Waals surface area contributed by atoms with Crippen molar-refractivity contribution >= 4 is 34.8 Å². The Kier molecular flexibility index (Phi) is 3.66. The first-order valence-corrected chi connectivity index (χ1v) is 3.64. The van der Waals surface area contributed by atoms with Crippen LogP contribution in [0.15, 0.2) is 0 Å². The van der Waals surface area contributed by atoms with Crippen molar-refractivity contribution in [2.45, 2.75) is 9.71 Å². The van der Waals surface area contributed by atoms with Crippen molar-refractivity contribution in [3.63, 3.8) is 0 Å². The molecule has 2 nitrogen and oxygen atoms in total. The van der Waals surface area contributed by atoms with Gasteiger partial charge in [0.25, 0.3) is 9.71 Å². The van der Waals surface area contributed by atoms with Gasteiger partial charge in [-0.15, -0.1) is 0 Å². The smallest absolute Gasteiger partial charge is 0.262 e. The molecule has 0 bridgehead atoms. The number of hydrogen-bond acceptors (Lipinski definition) is 2. The predicted molar refractivity (Wildman–Crippen MR) is 42.2 cm³/mol. The highest BCUT2D eigenvalue weighted by Gasteiger charge is 2.47. The van der Waals surface area contributed by atoms with Crippen LogP contribution in [0, 0.1) is 0 Å². The second kappa shape index (κ2) is 3.41. The van der Waals surface area contributed by atoms with Crippen molar-refractivity contribution in [2.75, 3.05) is 14.1 Å². The zero-order chi connectivity index (χ0) is 8.41. The van der Waals surface area contributed by atoms with Crippen LogP contribution in [0.4, 0.5) is 4.39 Å². The first-order valence-electron chi connectivity index (χ1n) is 2.51. The first-order chi connectivity index (χ1) is 4.37.